The van der Waals surface area contributed by atoms with Crippen molar-refractivity contribution in [2.75, 3.05) is 31.1 Å². The molecule has 0 aliphatic carbocycles. The Hall–Kier alpha value is -3.75. The van der Waals surface area contributed by atoms with Crippen molar-refractivity contribution in [2.24, 2.45) is 0 Å². The third kappa shape index (κ3) is 4.66. The molecule has 3 aromatic heterocycles. The van der Waals surface area contributed by atoms with E-state index >= 15 is 0 Å². The topological polar surface area (TPSA) is 53.0 Å². The number of hydrogen-bond donors (Lipinski definition) is 1. The molecule has 1 fully saturated rings. The molecule has 0 bridgehead atoms. The van der Waals surface area contributed by atoms with Crippen molar-refractivity contribution >= 4 is 28.5 Å². The van der Waals surface area contributed by atoms with Crippen LogP contribution in [0.15, 0.2) is 60.9 Å². The normalized spacial score (nSPS) is 14.5. The first kappa shape index (κ1) is 24.6. The number of hydrogen-bond acceptors (Lipinski definition) is 4. The van der Waals surface area contributed by atoms with E-state index in [-0.39, 0.29) is 6.54 Å². The molecule has 6 rings (SSSR count). The molecule has 1 saturated heterocycles. The molecule has 5 aromatic rings. The van der Waals surface area contributed by atoms with Crippen LogP contribution in [-0.2, 0) is 6.54 Å². The number of nitrogens with zero attached hydrogens (tertiary/aromatic N) is 5. The lowest BCUT2D eigenvalue weighted by atomic mass is 10.0. The van der Waals surface area contributed by atoms with Crippen LogP contribution in [0.25, 0.3) is 33.3 Å². The molecule has 1 N–H and O–H groups in total. The SMILES string of the molecule is Cc1nn(Cc2cc(F)cc(F)c2)c(C)c1-c1c[nH]c2ncc(-c3ccc(N4CCN(Cl)CC4)cc3)cc12. The number of benzene rings is 2. The second-order valence-electron chi connectivity index (χ2n) is 9.75. The van der Waals surface area contributed by atoms with Gasteiger partial charge in [0, 0.05) is 78.1 Å². The number of rotatable bonds is 5. The smallest absolute Gasteiger partial charge is 0.137 e. The lowest BCUT2D eigenvalue weighted by Crippen LogP contribution is -2.42. The van der Waals surface area contributed by atoms with E-state index in [0.717, 1.165) is 76.9 Å². The maximum atomic E-state index is 13.7. The number of anilines is 1. The van der Waals surface area contributed by atoms with E-state index in [0.29, 0.717) is 5.56 Å². The summed E-state index contributed by atoms with van der Waals surface area (Å²) in [4.78, 5) is 10.3. The molecule has 0 amide bonds. The van der Waals surface area contributed by atoms with E-state index < -0.39 is 11.6 Å². The van der Waals surface area contributed by atoms with Crippen LogP contribution < -0.4 is 4.90 Å². The van der Waals surface area contributed by atoms with E-state index in [9.17, 15) is 8.78 Å². The number of nitrogens with one attached hydrogen (secondary N) is 1. The highest BCUT2D eigenvalue weighted by atomic mass is 35.5. The van der Waals surface area contributed by atoms with Crippen molar-refractivity contribution < 1.29 is 8.78 Å². The number of aryl methyl sites for hydroxylation is 1. The van der Waals surface area contributed by atoms with Crippen LogP contribution in [0.3, 0.4) is 0 Å². The lowest BCUT2D eigenvalue weighted by Gasteiger charge is -2.32. The fourth-order valence-electron chi connectivity index (χ4n) is 5.29. The first-order valence-electron chi connectivity index (χ1n) is 12.6. The highest BCUT2D eigenvalue weighted by molar-refractivity contribution is 6.13. The molecule has 9 heteroatoms. The van der Waals surface area contributed by atoms with Crippen LogP contribution in [0.1, 0.15) is 17.0 Å². The second kappa shape index (κ2) is 9.85. The number of halogens is 3. The zero-order valence-corrected chi connectivity index (χ0v) is 21.9. The molecule has 6 nitrogen and oxygen atoms in total. The Kier molecular flexibility index (Phi) is 6.37. The maximum absolute atomic E-state index is 13.7. The van der Waals surface area contributed by atoms with Crippen molar-refractivity contribution in [1.29, 1.82) is 0 Å². The van der Waals surface area contributed by atoms with Gasteiger partial charge in [-0.3, -0.25) is 4.68 Å². The molecule has 0 atom stereocenters. The van der Waals surface area contributed by atoms with Gasteiger partial charge in [0.2, 0.25) is 0 Å². The van der Waals surface area contributed by atoms with Crippen LogP contribution in [0.4, 0.5) is 14.5 Å². The van der Waals surface area contributed by atoms with E-state index in [1.807, 2.05) is 30.7 Å². The van der Waals surface area contributed by atoms with Gasteiger partial charge in [-0.1, -0.05) is 12.1 Å². The van der Waals surface area contributed by atoms with Gasteiger partial charge >= 0.3 is 0 Å². The van der Waals surface area contributed by atoms with Gasteiger partial charge in [-0.2, -0.15) is 5.10 Å². The van der Waals surface area contributed by atoms with Crippen LogP contribution in [0.5, 0.6) is 0 Å². The Morgan fingerprint density at radius 3 is 2.34 bits per heavy atom. The highest BCUT2D eigenvalue weighted by Gasteiger charge is 2.19. The minimum atomic E-state index is -0.595. The van der Waals surface area contributed by atoms with Gasteiger partial charge in [-0.25, -0.2) is 18.2 Å². The molecule has 0 spiro atoms. The zero-order chi connectivity index (χ0) is 26.4. The summed E-state index contributed by atoms with van der Waals surface area (Å²) in [6.07, 6.45) is 3.83. The average molecular weight is 533 g/mol. The van der Waals surface area contributed by atoms with Crippen LogP contribution >= 0.6 is 11.8 Å². The van der Waals surface area contributed by atoms with Crippen molar-refractivity contribution in [3.8, 4) is 22.3 Å². The van der Waals surface area contributed by atoms with E-state index in [4.69, 9.17) is 11.8 Å². The monoisotopic (exact) mass is 532 g/mol. The van der Waals surface area contributed by atoms with Gasteiger partial charge in [0.25, 0.3) is 0 Å². The average Bonchev–Trinajstić information content (AvgIpc) is 3.43. The molecular weight excluding hydrogens is 506 g/mol. The summed E-state index contributed by atoms with van der Waals surface area (Å²) >= 11 is 6.10. The minimum absolute atomic E-state index is 0.277. The molecule has 0 radical (unpaired) electrons. The van der Waals surface area contributed by atoms with Crippen molar-refractivity contribution in [3.05, 3.63) is 89.5 Å². The molecule has 1 aliphatic rings. The number of aromatic nitrogens is 4. The third-order valence-corrected chi connectivity index (χ3v) is 7.57. The summed E-state index contributed by atoms with van der Waals surface area (Å²) in [5.41, 5.74) is 8.35. The van der Waals surface area contributed by atoms with Gasteiger partial charge in [0.05, 0.1) is 12.2 Å². The van der Waals surface area contributed by atoms with E-state index in [1.54, 1.807) is 4.68 Å². The Balaban J connectivity index is 1.31. The summed E-state index contributed by atoms with van der Waals surface area (Å²) in [5.74, 6) is -1.19. The summed E-state index contributed by atoms with van der Waals surface area (Å²) in [7, 11) is 0. The van der Waals surface area contributed by atoms with Gasteiger partial charge < -0.3 is 9.88 Å². The van der Waals surface area contributed by atoms with Gasteiger partial charge in [-0.15, -0.1) is 0 Å². The molecule has 0 saturated carbocycles. The van der Waals surface area contributed by atoms with Gasteiger partial charge in [-0.05, 0) is 67.1 Å². The fraction of sp³-hybridized carbons (Fsp3) is 0.241. The molecule has 2 aromatic carbocycles. The predicted molar refractivity (Wildman–Crippen MR) is 147 cm³/mol. The van der Waals surface area contributed by atoms with Crippen molar-refractivity contribution in [3.63, 3.8) is 0 Å². The molecular formula is C29H27ClF2N6. The molecule has 0 unspecified atom stereocenters. The predicted octanol–water partition coefficient (Wildman–Crippen LogP) is 6.31. The van der Waals surface area contributed by atoms with E-state index in [1.165, 1.54) is 17.8 Å². The van der Waals surface area contributed by atoms with Crippen LogP contribution in [-0.4, -0.2) is 50.3 Å². The standard InChI is InChI=1S/C29H27ClF2N6/c1-18-28(19(2)38(35-18)17-20-11-23(31)14-24(32)12-20)27-16-34-29-26(27)13-22(15-33-29)21-3-5-25(6-4-21)36-7-9-37(30)10-8-36/h3-6,11-16H,7-10,17H2,1-2H3,(H,33,34). The first-order chi connectivity index (χ1) is 18.4. The Bertz CT molecular complexity index is 1600. The Morgan fingerprint density at radius 2 is 1.63 bits per heavy atom. The summed E-state index contributed by atoms with van der Waals surface area (Å²) in [6, 6.07) is 14.3. The number of fused-ring (bicyclic) bond motifs is 1. The molecule has 194 valence electrons. The fourth-order valence-corrected chi connectivity index (χ4v) is 5.44. The highest BCUT2D eigenvalue weighted by Crippen LogP contribution is 2.35. The van der Waals surface area contributed by atoms with E-state index in [2.05, 4.69) is 50.3 Å². The van der Waals surface area contributed by atoms with Gasteiger partial charge in [0.15, 0.2) is 0 Å². The van der Waals surface area contributed by atoms with Gasteiger partial charge in [0.1, 0.15) is 17.3 Å². The molecule has 4 heterocycles. The van der Waals surface area contributed by atoms with Crippen LogP contribution in [0.2, 0.25) is 0 Å². The number of aromatic amines is 1. The summed E-state index contributed by atoms with van der Waals surface area (Å²) in [6.45, 7) is 7.70. The summed E-state index contributed by atoms with van der Waals surface area (Å²) in [5, 5.41) is 5.68. The Labute approximate surface area is 224 Å². The quantitative estimate of drug-likeness (QED) is 0.269. The molecule has 1 aliphatic heterocycles. The molecule has 38 heavy (non-hydrogen) atoms. The first-order valence-corrected chi connectivity index (χ1v) is 12.9. The number of piperazine rings is 1. The number of pyridine rings is 1. The zero-order valence-electron chi connectivity index (χ0n) is 21.2. The number of H-pyrrole nitrogens is 1. The largest absolute Gasteiger partial charge is 0.369 e. The second-order valence-corrected chi connectivity index (χ2v) is 10.2. The van der Waals surface area contributed by atoms with Crippen molar-refractivity contribution in [2.45, 2.75) is 20.4 Å². The minimum Gasteiger partial charge on any atom is -0.369 e. The lowest BCUT2D eigenvalue weighted by molar-refractivity contribution is 0.416. The Morgan fingerprint density at radius 1 is 0.921 bits per heavy atom. The van der Waals surface area contributed by atoms with Crippen molar-refractivity contribution in [1.82, 2.24) is 24.2 Å². The third-order valence-electron chi connectivity index (χ3n) is 7.23. The summed E-state index contributed by atoms with van der Waals surface area (Å²) < 4.78 is 31.1. The van der Waals surface area contributed by atoms with Crippen LogP contribution in [0, 0.1) is 25.5 Å². The maximum Gasteiger partial charge on any atom is 0.137 e.